The quantitative estimate of drug-likeness (QED) is 0.698. The first-order chi connectivity index (χ1) is 5.33. The fourth-order valence-electron chi connectivity index (χ4n) is 1.02. The minimum absolute atomic E-state index is 0.376. The van der Waals surface area contributed by atoms with Crippen molar-refractivity contribution >= 4 is 11.8 Å². The molecule has 3 heteroatoms. The van der Waals surface area contributed by atoms with E-state index < -0.39 is 0 Å². The van der Waals surface area contributed by atoms with Crippen molar-refractivity contribution in [3.8, 4) is 0 Å². The summed E-state index contributed by atoms with van der Waals surface area (Å²) in [5, 5.41) is 0.715. The molecule has 0 aromatic carbocycles. The van der Waals surface area contributed by atoms with Gasteiger partial charge in [0.05, 0.1) is 6.61 Å². The minimum atomic E-state index is 0.376. The summed E-state index contributed by atoms with van der Waals surface area (Å²) >= 11 is 1.97. The van der Waals surface area contributed by atoms with E-state index in [1.54, 1.807) is 0 Å². The van der Waals surface area contributed by atoms with Crippen molar-refractivity contribution in [3.05, 3.63) is 0 Å². The molecule has 1 fully saturated rings. The highest BCUT2D eigenvalue weighted by Gasteiger charge is 2.16. The van der Waals surface area contributed by atoms with Crippen LogP contribution in [0.2, 0.25) is 0 Å². The molecule has 1 aliphatic heterocycles. The van der Waals surface area contributed by atoms with Gasteiger partial charge in [-0.05, 0) is 12.8 Å². The summed E-state index contributed by atoms with van der Waals surface area (Å²) in [5.41, 5.74) is 5.79. The summed E-state index contributed by atoms with van der Waals surface area (Å²) < 4.78 is 5.26. The first-order valence-corrected chi connectivity index (χ1v) is 5.32. The van der Waals surface area contributed by atoms with E-state index >= 15 is 0 Å². The second kappa shape index (κ2) is 5.01. The van der Waals surface area contributed by atoms with Crippen LogP contribution in [0.5, 0.6) is 0 Å². The van der Waals surface area contributed by atoms with E-state index in [9.17, 15) is 0 Å². The number of ether oxygens (including phenoxy) is 1. The molecule has 2 atom stereocenters. The Morgan fingerprint density at radius 1 is 1.73 bits per heavy atom. The van der Waals surface area contributed by atoms with Crippen molar-refractivity contribution in [3.63, 3.8) is 0 Å². The topological polar surface area (TPSA) is 35.2 Å². The third-order valence-corrected chi connectivity index (χ3v) is 3.42. The van der Waals surface area contributed by atoms with Crippen molar-refractivity contribution in [1.82, 2.24) is 0 Å². The van der Waals surface area contributed by atoms with Crippen LogP contribution in [0.25, 0.3) is 0 Å². The highest BCUT2D eigenvalue weighted by Crippen LogP contribution is 2.20. The molecular formula is C8H17NOS. The lowest BCUT2D eigenvalue weighted by Gasteiger charge is -2.11. The Bertz CT molecular complexity index is 104. The summed E-state index contributed by atoms with van der Waals surface area (Å²) in [6, 6.07) is 0.376. The van der Waals surface area contributed by atoms with Gasteiger partial charge in [0.2, 0.25) is 0 Å². The van der Waals surface area contributed by atoms with Gasteiger partial charge in [0, 0.05) is 23.7 Å². The average molecular weight is 175 g/mol. The van der Waals surface area contributed by atoms with Crippen LogP contribution in [0, 0.1) is 0 Å². The molecular weight excluding hydrogens is 158 g/mol. The van der Waals surface area contributed by atoms with Crippen molar-refractivity contribution in [2.24, 2.45) is 5.73 Å². The second-order valence-corrected chi connectivity index (χ2v) is 4.32. The predicted molar refractivity (Wildman–Crippen MR) is 49.9 cm³/mol. The molecule has 0 radical (unpaired) electrons. The summed E-state index contributed by atoms with van der Waals surface area (Å²) in [4.78, 5) is 0. The molecule has 2 unspecified atom stereocenters. The largest absolute Gasteiger partial charge is 0.380 e. The molecule has 2 nitrogen and oxygen atoms in total. The van der Waals surface area contributed by atoms with E-state index in [1.165, 1.54) is 6.42 Å². The van der Waals surface area contributed by atoms with Crippen LogP contribution in [-0.4, -0.2) is 30.3 Å². The lowest BCUT2D eigenvalue weighted by atomic mass is 10.3. The third-order valence-electron chi connectivity index (χ3n) is 1.96. The van der Waals surface area contributed by atoms with Crippen LogP contribution in [-0.2, 0) is 4.74 Å². The maximum atomic E-state index is 5.79. The fraction of sp³-hybridized carbons (Fsp3) is 1.00. The monoisotopic (exact) mass is 175 g/mol. The molecule has 1 aliphatic rings. The minimum Gasteiger partial charge on any atom is -0.380 e. The Kier molecular flexibility index (Phi) is 4.26. The number of thioether (sulfide) groups is 1. The highest BCUT2D eigenvalue weighted by atomic mass is 32.2. The van der Waals surface area contributed by atoms with Gasteiger partial charge < -0.3 is 10.5 Å². The maximum absolute atomic E-state index is 5.79. The van der Waals surface area contributed by atoms with Gasteiger partial charge in [0.1, 0.15) is 0 Å². The number of rotatable bonds is 4. The van der Waals surface area contributed by atoms with Crippen molar-refractivity contribution in [2.45, 2.75) is 31.1 Å². The van der Waals surface area contributed by atoms with Gasteiger partial charge in [-0.2, -0.15) is 11.8 Å². The van der Waals surface area contributed by atoms with Crippen LogP contribution in [0.1, 0.15) is 19.8 Å². The molecule has 0 aromatic heterocycles. The zero-order valence-corrected chi connectivity index (χ0v) is 7.90. The Hall–Kier alpha value is 0.270. The standard InChI is InChI=1S/C8H17NOS/c1-2-7(9)6-11-8-3-4-10-5-8/h7-8H,2-6,9H2,1H3. The van der Waals surface area contributed by atoms with E-state index in [0.29, 0.717) is 11.3 Å². The zero-order chi connectivity index (χ0) is 8.10. The summed E-state index contributed by atoms with van der Waals surface area (Å²) in [6.07, 6.45) is 2.29. The summed E-state index contributed by atoms with van der Waals surface area (Å²) in [6.45, 7) is 4.01. The SMILES string of the molecule is CCC(N)CSC1CCOC1. The van der Waals surface area contributed by atoms with Crippen LogP contribution in [0.15, 0.2) is 0 Å². The molecule has 0 bridgehead atoms. The Morgan fingerprint density at radius 3 is 3.09 bits per heavy atom. The summed E-state index contributed by atoms with van der Waals surface area (Å²) in [7, 11) is 0. The maximum Gasteiger partial charge on any atom is 0.0585 e. The predicted octanol–water partition coefficient (Wildman–Crippen LogP) is 1.25. The van der Waals surface area contributed by atoms with Gasteiger partial charge in [0.15, 0.2) is 0 Å². The molecule has 0 amide bonds. The van der Waals surface area contributed by atoms with E-state index in [0.717, 1.165) is 25.4 Å². The molecule has 0 spiro atoms. The molecule has 0 saturated carbocycles. The van der Waals surface area contributed by atoms with Gasteiger partial charge in [-0.1, -0.05) is 6.92 Å². The van der Waals surface area contributed by atoms with Gasteiger partial charge in [0.25, 0.3) is 0 Å². The fourth-order valence-corrected chi connectivity index (χ4v) is 2.23. The highest BCUT2D eigenvalue weighted by molar-refractivity contribution is 8.00. The Balaban J connectivity index is 2.01. The normalized spacial score (nSPS) is 27.3. The lowest BCUT2D eigenvalue weighted by molar-refractivity contribution is 0.199. The molecule has 1 saturated heterocycles. The molecule has 0 aromatic rings. The number of hydrogen-bond donors (Lipinski definition) is 1. The molecule has 66 valence electrons. The number of hydrogen-bond acceptors (Lipinski definition) is 3. The third kappa shape index (κ3) is 3.45. The van der Waals surface area contributed by atoms with E-state index in [1.807, 2.05) is 11.8 Å². The molecule has 1 rings (SSSR count). The second-order valence-electron chi connectivity index (χ2n) is 2.99. The molecule has 1 heterocycles. The van der Waals surface area contributed by atoms with Crippen LogP contribution in [0.4, 0.5) is 0 Å². The Morgan fingerprint density at radius 2 is 2.55 bits per heavy atom. The molecule has 2 N–H and O–H groups in total. The van der Waals surface area contributed by atoms with Gasteiger partial charge in [-0.15, -0.1) is 0 Å². The van der Waals surface area contributed by atoms with Crippen LogP contribution >= 0.6 is 11.8 Å². The van der Waals surface area contributed by atoms with Crippen molar-refractivity contribution in [2.75, 3.05) is 19.0 Å². The Labute approximate surface area is 72.9 Å². The van der Waals surface area contributed by atoms with E-state index in [2.05, 4.69) is 6.92 Å². The van der Waals surface area contributed by atoms with Crippen molar-refractivity contribution in [1.29, 1.82) is 0 Å². The van der Waals surface area contributed by atoms with E-state index in [-0.39, 0.29) is 0 Å². The van der Waals surface area contributed by atoms with Gasteiger partial charge in [-0.25, -0.2) is 0 Å². The zero-order valence-electron chi connectivity index (χ0n) is 7.08. The van der Waals surface area contributed by atoms with Gasteiger partial charge >= 0.3 is 0 Å². The average Bonchev–Trinajstić information content (AvgIpc) is 2.52. The van der Waals surface area contributed by atoms with Gasteiger partial charge in [-0.3, -0.25) is 0 Å². The first kappa shape index (κ1) is 9.36. The first-order valence-electron chi connectivity index (χ1n) is 4.28. The number of nitrogens with two attached hydrogens (primary N) is 1. The lowest BCUT2D eigenvalue weighted by Crippen LogP contribution is -2.23. The van der Waals surface area contributed by atoms with Crippen LogP contribution < -0.4 is 5.73 Å². The molecule has 0 aliphatic carbocycles. The van der Waals surface area contributed by atoms with Crippen molar-refractivity contribution < 1.29 is 4.74 Å². The molecule has 11 heavy (non-hydrogen) atoms. The summed E-state index contributed by atoms with van der Waals surface area (Å²) in [5.74, 6) is 1.09. The van der Waals surface area contributed by atoms with E-state index in [4.69, 9.17) is 10.5 Å². The van der Waals surface area contributed by atoms with Crippen LogP contribution in [0.3, 0.4) is 0 Å². The smallest absolute Gasteiger partial charge is 0.0585 e.